The van der Waals surface area contributed by atoms with Crippen LogP contribution in [0.1, 0.15) is 24.2 Å². The van der Waals surface area contributed by atoms with E-state index in [0.717, 1.165) is 6.07 Å². The Morgan fingerprint density at radius 2 is 2.10 bits per heavy atom. The van der Waals surface area contributed by atoms with Crippen LogP contribution in [0.2, 0.25) is 0 Å². The number of carboxylic acids is 1. The summed E-state index contributed by atoms with van der Waals surface area (Å²) in [5.74, 6) is -2.58. The Morgan fingerprint density at radius 3 is 2.62 bits per heavy atom. The first-order valence-corrected chi connectivity index (χ1v) is 7.53. The summed E-state index contributed by atoms with van der Waals surface area (Å²) in [6.45, 7) is 3.77. The molecule has 0 spiro atoms. The fourth-order valence-corrected chi connectivity index (χ4v) is 3.78. The van der Waals surface area contributed by atoms with Crippen molar-refractivity contribution in [3.05, 3.63) is 29.6 Å². The van der Waals surface area contributed by atoms with E-state index in [-0.39, 0.29) is 28.4 Å². The van der Waals surface area contributed by atoms with E-state index in [1.807, 2.05) is 13.8 Å². The number of phenols is 1. The number of rotatable bonds is 3. The molecule has 1 aromatic rings. The Balaban J connectivity index is 2.39. The highest BCUT2D eigenvalue weighted by Gasteiger charge is 2.43. The van der Waals surface area contributed by atoms with Gasteiger partial charge < -0.3 is 15.1 Å². The molecule has 1 heterocycles. The summed E-state index contributed by atoms with van der Waals surface area (Å²) in [6.07, 6.45) is 0. The molecule has 2 unspecified atom stereocenters. The van der Waals surface area contributed by atoms with Crippen molar-refractivity contribution in [2.45, 2.75) is 25.3 Å². The molecule has 0 bridgehead atoms. The summed E-state index contributed by atoms with van der Waals surface area (Å²) in [6, 6.07) is 2.26. The molecule has 2 atom stereocenters. The van der Waals surface area contributed by atoms with Gasteiger partial charge in [0, 0.05) is 11.8 Å². The van der Waals surface area contributed by atoms with Crippen LogP contribution in [-0.4, -0.2) is 44.2 Å². The number of thioether (sulfide) groups is 1. The molecule has 1 aromatic carbocycles. The average Bonchev–Trinajstić information content (AvgIpc) is 2.82. The largest absolute Gasteiger partial charge is 0.508 e. The lowest BCUT2D eigenvalue weighted by Gasteiger charge is -2.29. The molecule has 0 aromatic heterocycles. The van der Waals surface area contributed by atoms with Crippen LogP contribution >= 0.6 is 11.8 Å². The molecule has 21 heavy (non-hydrogen) atoms. The van der Waals surface area contributed by atoms with Crippen molar-refractivity contribution in [1.82, 2.24) is 4.90 Å². The highest BCUT2D eigenvalue weighted by molar-refractivity contribution is 8.00. The average molecular weight is 313 g/mol. The lowest BCUT2D eigenvalue weighted by atomic mass is 10.1. The zero-order chi connectivity index (χ0) is 15.7. The monoisotopic (exact) mass is 313 g/mol. The van der Waals surface area contributed by atoms with Gasteiger partial charge in [0.2, 0.25) is 0 Å². The summed E-state index contributed by atoms with van der Waals surface area (Å²) < 4.78 is 13.8. The van der Waals surface area contributed by atoms with Crippen molar-refractivity contribution in [2.24, 2.45) is 5.92 Å². The number of hydrogen-bond acceptors (Lipinski definition) is 4. The van der Waals surface area contributed by atoms with Gasteiger partial charge in [-0.15, -0.1) is 11.8 Å². The lowest BCUT2D eigenvalue weighted by Crippen LogP contribution is -2.47. The van der Waals surface area contributed by atoms with Crippen LogP contribution in [0, 0.1) is 11.7 Å². The smallest absolute Gasteiger partial charge is 0.327 e. The first kappa shape index (κ1) is 15.6. The maximum absolute atomic E-state index is 13.8. The van der Waals surface area contributed by atoms with Gasteiger partial charge in [-0.05, 0) is 18.1 Å². The maximum atomic E-state index is 13.8. The van der Waals surface area contributed by atoms with Gasteiger partial charge in [0.05, 0.1) is 10.9 Å². The van der Waals surface area contributed by atoms with Crippen LogP contribution in [0.25, 0.3) is 0 Å². The lowest BCUT2D eigenvalue weighted by molar-refractivity contribution is -0.141. The zero-order valence-electron chi connectivity index (χ0n) is 11.6. The second kappa shape index (κ2) is 5.93. The van der Waals surface area contributed by atoms with Crippen LogP contribution < -0.4 is 0 Å². The van der Waals surface area contributed by atoms with E-state index in [2.05, 4.69) is 0 Å². The van der Waals surface area contributed by atoms with Crippen LogP contribution in [0.15, 0.2) is 18.2 Å². The minimum atomic E-state index is -1.10. The van der Waals surface area contributed by atoms with E-state index in [1.54, 1.807) is 0 Å². The van der Waals surface area contributed by atoms with Gasteiger partial charge in [0.15, 0.2) is 0 Å². The summed E-state index contributed by atoms with van der Waals surface area (Å²) in [7, 11) is 0. The van der Waals surface area contributed by atoms with Crippen molar-refractivity contribution >= 4 is 23.6 Å². The number of nitrogens with zero attached hydrogens (tertiary/aromatic N) is 1. The third-order valence-electron chi connectivity index (χ3n) is 3.31. The van der Waals surface area contributed by atoms with Gasteiger partial charge >= 0.3 is 5.97 Å². The second-order valence-corrected chi connectivity index (χ2v) is 6.35. The number of halogens is 1. The van der Waals surface area contributed by atoms with E-state index in [0.29, 0.717) is 0 Å². The van der Waals surface area contributed by atoms with Gasteiger partial charge in [-0.2, -0.15) is 0 Å². The molecule has 114 valence electrons. The van der Waals surface area contributed by atoms with Gasteiger partial charge in [0.25, 0.3) is 5.91 Å². The molecule has 2 N–H and O–H groups in total. The number of hydrogen-bond donors (Lipinski definition) is 2. The van der Waals surface area contributed by atoms with Crippen molar-refractivity contribution < 1.29 is 24.2 Å². The molecule has 5 nitrogen and oxygen atoms in total. The number of phenolic OH excluding ortho intramolecular Hbond substituents is 1. The third-order valence-corrected chi connectivity index (χ3v) is 4.93. The maximum Gasteiger partial charge on any atom is 0.327 e. The number of aliphatic carboxylic acids is 1. The number of carbonyl (C=O) groups is 2. The summed E-state index contributed by atoms with van der Waals surface area (Å²) in [5, 5.41) is 18.1. The van der Waals surface area contributed by atoms with E-state index in [4.69, 9.17) is 0 Å². The molecule has 0 saturated carbocycles. The topological polar surface area (TPSA) is 77.8 Å². The van der Waals surface area contributed by atoms with E-state index < -0.39 is 23.7 Å². The predicted octanol–water partition coefficient (Wildman–Crippen LogP) is 2.16. The van der Waals surface area contributed by atoms with Crippen molar-refractivity contribution in [3.63, 3.8) is 0 Å². The Labute approximate surface area is 125 Å². The molecule has 0 radical (unpaired) electrons. The molecule has 2 rings (SSSR count). The first-order valence-electron chi connectivity index (χ1n) is 6.48. The van der Waals surface area contributed by atoms with Gasteiger partial charge in [-0.25, -0.2) is 9.18 Å². The Morgan fingerprint density at radius 1 is 1.43 bits per heavy atom. The van der Waals surface area contributed by atoms with Crippen molar-refractivity contribution in [1.29, 1.82) is 0 Å². The molecule has 0 aliphatic carbocycles. The highest BCUT2D eigenvalue weighted by Crippen LogP contribution is 2.35. The minimum absolute atomic E-state index is 0.0449. The van der Waals surface area contributed by atoms with Crippen LogP contribution in [0.5, 0.6) is 5.75 Å². The third kappa shape index (κ3) is 2.97. The normalized spacial score (nSPS) is 21.8. The molecular formula is C14H16FNO4S. The molecule has 7 heteroatoms. The van der Waals surface area contributed by atoms with Crippen LogP contribution in [-0.2, 0) is 4.79 Å². The molecule has 1 aliphatic rings. The standard InChI is InChI=1S/C14H16FNO4S/c1-7(2)13-16(11(6-21-13)14(19)20)12(18)9-4-3-8(17)5-10(9)15/h3-5,7,11,13,17H,6H2,1-2H3,(H,19,20). The number of aromatic hydroxyl groups is 1. The minimum Gasteiger partial charge on any atom is -0.508 e. The number of carbonyl (C=O) groups excluding carboxylic acids is 1. The number of carboxylic acid groups (broad SMARTS) is 1. The highest BCUT2D eigenvalue weighted by atomic mass is 32.2. The molecule has 1 amide bonds. The predicted molar refractivity (Wildman–Crippen MR) is 76.7 cm³/mol. The number of benzene rings is 1. The first-order chi connectivity index (χ1) is 9.82. The molecule has 1 fully saturated rings. The fraction of sp³-hybridized carbons (Fsp3) is 0.429. The molecular weight excluding hydrogens is 297 g/mol. The molecule has 1 aliphatic heterocycles. The Kier molecular flexibility index (Phi) is 4.41. The van der Waals surface area contributed by atoms with Crippen LogP contribution in [0.4, 0.5) is 4.39 Å². The SMILES string of the molecule is CC(C)C1SCC(C(=O)O)N1C(=O)c1ccc(O)cc1F. The fourth-order valence-electron chi connectivity index (χ4n) is 2.31. The van der Waals surface area contributed by atoms with Crippen molar-refractivity contribution in [3.8, 4) is 5.75 Å². The zero-order valence-corrected chi connectivity index (χ0v) is 12.4. The Bertz CT molecular complexity index is 578. The van der Waals surface area contributed by atoms with E-state index >= 15 is 0 Å². The van der Waals surface area contributed by atoms with Gasteiger partial charge in [0.1, 0.15) is 17.6 Å². The van der Waals surface area contributed by atoms with E-state index in [1.165, 1.54) is 28.8 Å². The van der Waals surface area contributed by atoms with Gasteiger partial charge in [-0.1, -0.05) is 13.8 Å². The van der Waals surface area contributed by atoms with Gasteiger partial charge in [-0.3, -0.25) is 4.79 Å². The quantitative estimate of drug-likeness (QED) is 0.894. The Hall–Kier alpha value is -1.76. The summed E-state index contributed by atoms with van der Waals surface area (Å²) in [5.41, 5.74) is -0.229. The summed E-state index contributed by atoms with van der Waals surface area (Å²) in [4.78, 5) is 25.1. The molecule has 1 saturated heterocycles. The number of amides is 1. The van der Waals surface area contributed by atoms with Crippen molar-refractivity contribution in [2.75, 3.05) is 5.75 Å². The van der Waals surface area contributed by atoms with E-state index in [9.17, 15) is 24.2 Å². The van der Waals surface area contributed by atoms with Crippen LogP contribution in [0.3, 0.4) is 0 Å². The summed E-state index contributed by atoms with van der Waals surface area (Å²) >= 11 is 1.38. The second-order valence-electron chi connectivity index (χ2n) is 5.20.